The van der Waals surface area contributed by atoms with E-state index in [1.54, 1.807) is 0 Å². The Morgan fingerprint density at radius 2 is 0.436 bits per heavy atom. The first-order valence-corrected chi connectivity index (χ1v) is 19.3. The second-order valence-electron chi connectivity index (χ2n) is 14.4. The summed E-state index contributed by atoms with van der Waals surface area (Å²) in [5.74, 6) is -164. The number of phosphoric acid groups is 1. The van der Waals surface area contributed by atoms with E-state index >= 15 is 0 Å². The molecule has 7 nitrogen and oxygen atoms in total. The molecule has 0 aromatic carbocycles. The van der Waals surface area contributed by atoms with Crippen LogP contribution in [0.4, 0.5) is 184 Å². The van der Waals surface area contributed by atoms with Gasteiger partial charge in [0.15, 0.2) is 0 Å². The molecule has 0 aromatic rings. The van der Waals surface area contributed by atoms with Gasteiger partial charge in [0.05, 0.1) is 26.4 Å². The van der Waals surface area contributed by atoms with E-state index in [4.69, 9.17) is 15.1 Å². The van der Waals surface area contributed by atoms with Crippen LogP contribution in [0.5, 0.6) is 0 Å². The lowest BCUT2D eigenvalue weighted by atomic mass is 9.86. The summed E-state index contributed by atoms with van der Waals surface area (Å²) < 4.78 is 582. The molecule has 0 aliphatic heterocycles. The van der Waals surface area contributed by atoms with Crippen LogP contribution in [0.1, 0.15) is 12.8 Å². The minimum Gasteiger partial charge on any atom is -0.395 e. The summed E-state index contributed by atoms with van der Waals surface area (Å²) in [6.07, 6.45) is -24.6. The lowest BCUT2D eigenvalue weighted by molar-refractivity contribution is -0.474. The van der Waals surface area contributed by atoms with E-state index in [1.165, 1.54) is 0 Å². The lowest BCUT2D eigenvalue weighted by Crippen LogP contribution is -2.76. The highest BCUT2D eigenvalue weighted by atomic mass is 31.2. The molecule has 0 spiro atoms. The van der Waals surface area contributed by atoms with Crippen molar-refractivity contribution in [2.75, 3.05) is 39.5 Å². The van der Waals surface area contributed by atoms with Crippen LogP contribution in [0, 0.1) is 0 Å². The summed E-state index contributed by atoms with van der Waals surface area (Å²) in [4.78, 5) is 9.02. The number of aliphatic hydroxyl groups is 2. The SMILES string of the molecule is O=P(O)(OCCC(F)(F)C(F)(F)C(F)(F)C(F)(F)C(F)(F)C(F)(F)C(F)(F)C(F)(F)C(F)(F)C(F)(F)F)OCCC(F)(F)C(F)(F)C(F)(F)C(F)(F)C(F)(F)C(F)(F)C(F)(F)C(F)(F)C(F)(F)C(F)(F)F.OCCNCCO. The monoisotopic (exact) mass is 1300 g/mol. The molecular weight excluding hydrogens is 1280 g/mol. The molecule has 0 heterocycles. The van der Waals surface area contributed by atoms with E-state index in [-0.39, 0.29) is 13.2 Å². The van der Waals surface area contributed by atoms with Gasteiger partial charge in [-0.15, -0.1) is 0 Å². The smallest absolute Gasteiger partial charge is 0.395 e. The molecule has 0 atom stereocenters. The highest BCUT2D eigenvalue weighted by molar-refractivity contribution is 7.47. The third kappa shape index (κ3) is 11.8. The summed E-state index contributed by atoms with van der Waals surface area (Å²) in [6.45, 7) is -5.28. The largest absolute Gasteiger partial charge is 0.472 e. The molecule has 0 fully saturated rings. The van der Waals surface area contributed by atoms with E-state index in [9.17, 15) is 189 Å². The summed E-state index contributed by atoms with van der Waals surface area (Å²) in [7, 11) is -7.19. The molecule has 0 saturated carbocycles. The molecule has 0 rings (SSSR count). The standard InChI is InChI=1S/C24H9F42O4P.C4H11NO2/c25-5(26,7(29,30)9(33,34)11(37,38)13(41,42)15(45,46)17(49,50)19(53,54)21(57,58)23(61,62)63)1-3-69-71(67,68)70-4-2-6(27,28)8(31,32)10(35,36)12(39,40)14(43,44)16(47,48)18(51,52)20(55,56)22(59,60)24(64,65)66;6-3-1-5-2-4-7/h1-4H2,(H,67,68);5-7H,1-4H2. The molecule has 0 aliphatic carbocycles. The quantitative estimate of drug-likeness (QED) is 0.0351. The molecule has 0 amide bonds. The van der Waals surface area contributed by atoms with Crippen molar-refractivity contribution in [1.82, 2.24) is 5.32 Å². The Balaban J connectivity index is 0. The van der Waals surface area contributed by atoms with Crippen LogP contribution in [0.3, 0.4) is 0 Å². The number of rotatable bonds is 28. The molecule has 0 aliphatic rings. The molecular formula is C28H20F42NO6P. The maximum absolute atomic E-state index is 14.0. The maximum Gasteiger partial charge on any atom is 0.472 e. The van der Waals surface area contributed by atoms with Crippen LogP contribution in [-0.2, 0) is 13.6 Å². The number of alkyl halides is 42. The van der Waals surface area contributed by atoms with Gasteiger partial charge in [0, 0.05) is 25.9 Å². The Morgan fingerprint density at radius 1 is 0.282 bits per heavy atom. The van der Waals surface area contributed by atoms with Crippen molar-refractivity contribution in [3.05, 3.63) is 0 Å². The van der Waals surface area contributed by atoms with Crippen LogP contribution in [0.15, 0.2) is 0 Å². The zero-order valence-corrected chi connectivity index (χ0v) is 35.9. The summed E-state index contributed by atoms with van der Waals surface area (Å²) in [6, 6.07) is 0. The molecule has 0 radical (unpaired) electrons. The first-order valence-electron chi connectivity index (χ1n) is 17.8. The minimum absolute atomic E-state index is 0.139. The summed E-state index contributed by atoms with van der Waals surface area (Å²) in [5.41, 5.74) is 0. The van der Waals surface area contributed by atoms with Crippen molar-refractivity contribution in [3.63, 3.8) is 0 Å². The molecule has 0 unspecified atom stereocenters. The summed E-state index contributed by atoms with van der Waals surface area (Å²) in [5, 5.41) is 19.1. The Kier molecular flexibility index (Phi) is 21.7. The van der Waals surface area contributed by atoms with Crippen molar-refractivity contribution >= 4 is 7.82 Å². The number of hydrogen-bond acceptors (Lipinski definition) is 6. The van der Waals surface area contributed by atoms with E-state index in [1.807, 2.05) is 0 Å². The second-order valence-corrected chi connectivity index (χ2v) is 15.9. The Hall–Kier alpha value is -2.95. The predicted molar refractivity (Wildman–Crippen MR) is 159 cm³/mol. The van der Waals surface area contributed by atoms with Gasteiger partial charge in [-0.1, -0.05) is 0 Å². The van der Waals surface area contributed by atoms with Crippen molar-refractivity contribution < 1.29 is 213 Å². The van der Waals surface area contributed by atoms with Gasteiger partial charge in [0.2, 0.25) is 0 Å². The van der Waals surface area contributed by atoms with Crippen LogP contribution in [0.2, 0.25) is 0 Å². The van der Waals surface area contributed by atoms with Crippen molar-refractivity contribution in [2.24, 2.45) is 0 Å². The Morgan fingerprint density at radius 3 is 0.590 bits per heavy atom. The zero-order chi connectivity index (χ0) is 64.3. The average molecular weight is 1300 g/mol. The molecule has 4 N–H and O–H groups in total. The van der Waals surface area contributed by atoms with Gasteiger partial charge >= 0.3 is 127 Å². The molecule has 0 saturated heterocycles. The van der Waals surface area contributed by atoms with E-state index in [2.05, 4.69) is 14.4 Å². The fourth-order valence-corrected chi connectivity index (χ4v) is 5.11. The Labute approximate surface area is 398 Å². The van der Waals surface area contributed by atoms with E-state index in [0.29, 0.717) is 13.1 Å². The highest BCUT2D eigenvalue weighted by Crippen LogP contribution is 2.69. The lowest BCUT2D eigenvalue weighted by Gasteiger charge is -2.44. The van der Waals surface area contributed by atoms with Crippen molar-refractivity contribution in [2.45, 2.75) is 132 Å². The van der Waals surface area contributed by atoms with E-state index < -0.39 is 153 Å². The number of halogens is 42. The first-order chi connectivity index (χ1) is 33.3. The van der Waals surface area contributed by atoms with Crippen LogP contribution in [-0.4, -0.2) is 174 Å². The van der Waals surface area contributed by atoms with Crippen molar-refractivity contribution in [3.8, 4) is 0 Å². The van der Waals surface area contributed by atoms with Gasteiger partial charge in [-0.3, -0.25) is 9.05 Å². The highest BCUT2D eigenvalue weighted by Gasteiger charge is 3.00. The topological polar surface area (TPSA) is 108 Å². The minimum atomic E-state index is -9.67. The number of hydrogen-bond donors (Lipinski definition) is 4. The third-order valence-electron chi connectivity index (χ3n) is 9.07. The summed E-state index contributed by atoms with van der Waals surface area (Å²) >= 11 is 0. The second kappa shape index (κ2) is 22.0. The fraction of sp³-hybridized carbons (Fsp3) is 1.00. The van der Waals surface area contributed by atoms with Crippen molar-refractivity contribution in [1.29, 1.82) is 0 Å². The number of nitrogens with one attached hydrogen (secondary N) is 1. The van der Waals surface area contributed by atoms with Gasteiger partial charge in [-0.05, 0) is 0 Å². The van der Waals surface area contributed by atoms with Crippen LogP contribution in [0.25, 0.3) is 0 Å². The fourth-order valence-electron chi connectivity index (χ4n) is 4.39. The molecule has 78 heavy (non-hydrogen) atoms. The third-order valence-corrected chi connectivity index (χ3v) is 10.1. The number of phosphoric ester groups is 1. The molecule has 472 valence electrons. The Bertz CT molecular complexity index is 1890. The van der Waals surface area contributed by atoms with Gasteiger partial charge < -0.3 is 20.4 Å². The van der Waals surface area contributed by atoms with Crippen LogP contribution >= 0.6 is 7.82 Å². The molecule has 0 aromatic heterocycles. The average Bonchev–Trinajstić information content (AvgIpc) is 3.21. The van der Waals surface area contributed by atoms with Crippen LogP contribution < -0.4 is 5.32 Å². The van der Waals surface area contributed by atoms with Gasteiger partial charge in [-0.2, -0.15) is 184 Å². The first kappa shape index (κ1) is 77.1. The zero-order valence-electron chi connectivity index (χ0n) is 35.0. The molecule has 0 bridgehead atoms. The normalized spacial score (nSPS) is 16.4. The van der Waals surface area contributed by atoms with Gasteiger partial charge in [0.1, 0.15) is 0 Å². The number of aliphatic hydroxyl groups excluding tert-OH is 2. The van der Waals surface area contributed by atoms with E-state index in [0.717, 1.165) is 0 Å². The predicted octanol–water partition coefficient (Wildman–Crippen LogP) is 13.0. The molecule has 50 heteroatoms. The van der Waals surface area contributed by atoms with Gasteiger partial charge in [0.25, 0.3) is 0 Å². The van der Waals surface area contributed by atoms with Gasteiger partial charge in [-0.25, -0.2) is 4.57 Å². The maximum atomic E-state index is 14.0.